The predicted octanol–water partition coefficient (Wildman–Crippen LogP) is 1.70. The van der Waals surface area contributed by atoms with Crippen LogP contribution in [0.3, 0.4) is 0 Å². The second-order valence-corrected chi connectivity index (χ2v) is 4.00. The lowest BCUT2D eigenvalue weighted by atomic mass is 10.4. The van der Waals surface area contributed by atoms with E-state index in [1.165, 1.54) is 0 Å². The highest BCUT2D eigenvalue weighted by Gasteiger charge is 2.07. The number of rotatable bonds is 9. The second-order valence-electron chi connectivity index (χ2n) is 4.00. The van der Waals surface area contributed by atoms with Gasteiger partial charge in [-0.3, -0.25) is 0 Å². The summed E-state index contributed by atoms with van der Waals surface area (Å²) in [4.78, 5) is 10.6. The second kappa shape index (κ2) is 8.69. The van der Waals surface area contributed by atoms with Gasteiger partial charge in [-0.1, -0.05) is 13.8 Å². The summed E-state index contributed by atoms with van der Waals surface area (Å²) in [5, 5.41) is 3.32. The molecule has 0 bridgehead atoms. The van der Waals surface area contributed by atoms with Gasteiger partial charge >= 0.3 is 0 Å². The van der Waals surface area contributed by atoms with Crippen molar-refractivity contribution in [2.75, 3.05) is 37.7 Å². The summed E-state index contributed by atoms with van der Waals surface area (Å²) < 4.78 is 5.52. The maximum absolute atomic E-state index is 5.52. The average molecular weight is 252 g/mol. The lowest BCUT2D eigenvalue weighted by molar-refractivity contribution is 0.304. The SMILES string of the molecule is CCCOc1cc(N(CC)CCNCC)ncn1. The van der Waals surface area contributed by atoms with E-state index in [2.05, 4.69) is 41.0 Å². The summed E-state index contributed by atoms with van der Waals surface area (Å²) in [7, 11) is 0. The van der Waals surface area contributed by atoms with Crippen molar-refractivity contribution < 1.29 is 4.74 Å². The van der Waals surface area contributed by atoms with Gasteiger partial charge < -0.3 is 15.0 Å². The van der Waals surface area contributed by atoms with Crippen LogP contribution in [0.5, 0.6) is 5.88 Å². The highest BCUT2D eigenvalue weighted by atomic mass is 16.5. The van der Waals surface area contributed by atoms with Crippen LogP contribution in [-0.4, -0.2) is 42.8 Å². The molecule has 1 aromatic rings. The predicted molar refractivity (Wildman–Crippen MR) is 74.2 cm³/mol. The molecule has 0 fully saturated rings. The number of ether oxygens (including phenoxy) is 1. The quantitative estimate of drug-likeness (QED) is 0.678. The molecule has 0 amide bonds. The first-order chi connectivity index (χ1) is 8.81. The van der Waals surface area contributed by atoms with Gasteiger partial charge in [0, 0.05) is 25.7 Å². The summed E-state index contributed by atoms with van der Waals surface area (Å²) >= 11 is 0. The van der Waals surface area contributed by atoms with Gasteiger partial charge in [-0.2, -0.15) is 0 Å². The molecule has 0 aliphatic rings. The van der Waals surface area contributed by atoms with Crippen molar-refractivity contribution in [3.8, 4) is 5.88 Å². The van der Waals surface area contributed by atoms with E-state index in [0.717, 1.165) is 38.4 Å². The first-order valence-corrected chi connectivity index (χ1v) is 6.72. The summed E-state index contributed by atoms with van der Waals surface area (Å²) in [5.74, 6) is 1.58. The highest BCUT2D eigenvalue weighted by Crippen LogP contribution is 2.15. The molecule has 0 radical (unpaired) electrons. The summed E-state index contributed by atoms with van der Waals surface area (Å²) in [5.41, 5.74) is 0. The maximum atomic E-state index is 5.52. The molecule has 0 atom stereocenters. The fourth-order valence-electron chi connectivity index (χ4n) is 1.61. The average Bonchev–Trinajstić information content (AvgIpc) is 2.42. The zero-order valence-electron chi connectivity index (χ0n) is 11.6. The molecule has 1 rings (SSSR count). The number of nitrogens with one attached hydrogen (secondary N) is 1. The largest absolute Gasteiger partial charge is 0.478 e. The molecule has 5 heteroatoms. The standard InChI is InChI=1S/C13H24N4O/c1-4-9-18-13-10-12(15-11-16-13)17(6-3)8-7-14-5-2/h10-11,14H,4-9H2,1-3H3. The summed E-state index contributed by atoms with van der Waals surface area (Å²) in [6.07, 6.45) is 2.55. The van der Waals surface area contributed by atoms with E-state index in [9.17, 15) is 0 Å². The van der Waals surface area contributed by atoms with Crippen molar-refractivity contribution in [3.63, 3.8) is 0 Å². The van der Waals surface area contributed by atoms with Crippen molar-refractivity contribution in [2.24, 2.45) is 0 Å². The molecule has 1 N–H and O–H groups in total. The topological polar surface area (TPSA) is 50.3 Å². The minimum atomic E-state index is 0.656. The van der Waals surface area contributed by atoms with Crippen molar-refractivity contribution in [1.29, 1.82) is 0 Å². The van der Waals surface area contributed by atoms with Crippen LogP contribution in [0.4, 0.5) is 5.82 Å². The summed E-state index contributed by atoms with van der Waals surface area (Å²) in [6.45, 7) is 10.8. The monoisotopic (exact) mass is 252 g/mol. The molecule has 0 saturated carbocycles. The lowest BCUT2D eigenvalue weighted by Gasteiger charge is -2.22. The van der Waals surface area contributed by atoms with Crippen LogP contribution in [0.2, 0.25) is 0 Å². The number of anilines is 1. The molecule has 0 aliphatic carbocycles. The third-order valence-electron chi connectivity index (χ3n) is 2.60. The van der Waals surface area contributed by atoms with Crippen molar-refractivity contribution >= 4 is 5.82 Å². The number of hydrogen-bond donors (Lipinski definition) is 1. The van der Waals surface area contributed by atoms with E-state index in [1.807, 2.05) is 6.07 Å². The Morgan fingerprint density at radius 3 is 2.78 bits per heavy atom. The van der Waals surface area contributed by atoms with Gasteiger partial charge in [-0.25, -0.2) is 9.97 Å². The van der Waals surface area contributed by atoms with Crippen molar-refractivity contribution in [1.82, 2.24) is 15.3 Å². The Hall–Kier alpha value is -1.36. The molecule has 0 aromatic carbocycles. The molecule has 18 heavy (non-hydrogen) atoms. The fraction of sp³-hybridized carbons (Fsp3) is 0.692. The molecule has 5 nitrogen and oxygen atoms in total. The first-order valence-electron chi connectivity index (χ1n) is 6.72. The minimum absolute atomic E-state index is 0.656. The van der Waals surface area contributed by atoms with Crippen molar-refractivity contribution in [2.45, 2.75) is 27.2 Å². The molecule has 102 valence electrons. The maximum Gasteiger partial charge on any atom is 0.218 e. The Bertz CT molecular complexity index is 333. The molecule has 1 heterocycles. The van der Waals surface area contributed by atoms with Crippen LogP contribution in [0.25, 0.3) is 0 Å². The molecular formula is C13H24N4O. The van der Waals surface area contributed by atoms with E-state index >= 15 is 0 Å². The number of aromatic nitrogens is 2. The Kier molecular flexibility index (Phi) is 7.10. The van der Waals surface area contributed by atoms with Gasteiger partial charge in [-0.05, 0) is 19.9 Å². The molecule has 0 spiro atoms. The third-order valence-corrected chi connectivity index (χ3v) is 2.60. The van der Waals surface area contributed by atoms with Crippen molar-refractivity contribution in [3.05, 3.63) is 12.4 Å². The number of hydrogen-bond acceptors (Lipinski definition) is 5. The van der Waals surface area contributed by atoms with Crippen LogP contribution in [0.1, 0.15) is 27.2 Å². The Morgan fingerprint density at radius 2 is 2.11 bits per heavy atom. The van der Waals surface area contributed by atoms with Crippen LogP contribution in [0, 0.1) is 0 Å². The van der Waals surface area contributed by atoms with Gasteiger partial charge in [0.1, 0.15) is 12.1 Å². The van der Waals surface area contributed by atoms with Crippen LogP contribution in [0.15, 0.2) is 12.4 Å². The molecule has 0 aliphatic heterocycles. The number of likely N-dealkylation sites (N-methyl/N-ethyl adjacent to an activating group) is 2. The first kappa shape index (κ1) is 14.7. The molecule has 0 saturated heterocycles. The normalized spacial score (nSPS) is 10.4. The van der Waals surface area contributed by atoms with E-state index in [1.54, 1.807) is 6.33 Å². The Morgan fingerprint density at radius 1 is 1.28 bits per heavy atom. The van der Waals surface area contributed by atoms with Gasteiger partial charge in [-0.15, -0.1) is 0 Å². The smallest absolute Gasteiger partial charge is 0.218 e. The van der Waals surface area contributed by atoms with E-state index in [4.69, 9.17) is 4.74 Å². The Balaban J connectivity index is 2.60. The van der Waals surface area contributed by atoms with Crippen LogP contribution in [-0.2, 0) is 0 Å². The molecule has 0 unspecified atom stereocenters. The van der Waals surface area contributed by atoms with E-state index in [-0.39, 0.29) is 0 Å². The minimum Gasteiger partial charge on any atom is -0.478 e. The van der Waals surface area contributed by atoms with E-state index in [0.29, 0.717) is 12.5 Å². The van der Waals surface area contributed by atoms with E-state index < -0.39 is 0 Å². The fourth-order valence-corrected chi connectivity index (χ4v) is 1.61. The summed E-state index contributed by atoms with van der Waals surface area (Å²) in [6, 6.07) is 1.91. The zero-order valence-corrected chi connectivity index (χ0v) is 11.6. The number of nitrogens with zero attached hydrogens (tertiary/aromatic N) is 3. The van der Waals surface area contributed by atoms with Gasteiger partial charge in [0.15, 0.2) is 0 Å². The van der Waals surface area contributed by atoms with Crippen LogP contribution < -0.4 is 15.0 Å². The van der Waals surface area contributed by atoms with Gasteiger partial charge in [0.25, 0.3) is 0 Å². The van der Waals surface area contributed by atoms with Crippen LogP contribution >= 0.6 is 0 Å². The van der Waals surface area contributed by atoms with Gasteiger partial charge in [0.05, 0.1) is 6.61 Å². The third kappa shape index (κ3) is 4.87. The highest BCUT2D eigenvalue weighted by molar-refractivity contribution is 5.40. The van der Waals surface area contributed by atoms with Gasteiger partial charge in [0.2, 0.25) is 5.88 Å². The Labute approximate surface area is 110 Å². The molecular weight excluding hydrogens is 228 g/mol. The molecule has 1 aromatic heterocycles. The zero-order chi connectivity index (χ0) is 13.2. The lowest BCUT2D eigenvalue weighted by Crippen LogP contribution is -2.32.